The van der Waals surface area contributed by atoms with Crippen LogP contribution in [0.3, 0.4) is 0 Å². The number of nitrogens with one attached hydrogen (secondary N) is 3. The summed E-state index contributed by atoms with van der Waals surface area (Å²) in [5.74, 6) is 0.854. The van der Waals surface area contributed by atoms with Crippen LogP contribution in [-0.2, 0) is 4.79 Å². The van der Waals surface area contributed by atoms with E-state index in [-0.39, 0.29) is 30.3 Å². The number of likely N-dealkylation sites (tertiary alicyclic amines) is 1. The molecule has 0 aliphatic carbocycles. The van der Waals surface area contributed by atoms with Gasteiger partial charge in [0.1, 0.15) is 0 Å². The molecule has 0 aromatic rings. The number of carbonyl (C=O) groups excluding carboxylic acids is 2. The number of hydrogen-bond acceptors (Lipinski definition) is 3. The van der Waals surface area contributed by atoms with Crippen LogP contribution in [-0.4, -0.2) is 55.6 Å². The van der Waals surface area contributed by atoms with Crippen molar-refractivity contribution in [2.45, 2.75) is 52.0 Å². The van der Waals surface area contributed by atoms with Gasteiger partial charge in [-0.1, -0.05) is 13.8 Å². The van der Waals surface area contributed by atoms with Gasteiger partial charge in [0, 0.05) is 38.6 Å². The molecule has 24 heavy (non-hydrogen) atoms. The fraction of sp³-hybridized carbons (Fsp3) is 0.882. The number of nitrogens with zero attached hydrogens (tertiary/aromatic N) is 1. The molecule has 2 heterocycles. The number of halogens is 1. The van der Waals surface area contributed by atoms with Crippen molar-refractivity contribution in [1.29, 1.82) is 0 Å². The van der Waals surface area contributed by atoms with Crippen molar-refractivity contribution in [3.8, 4) is 0 Å². The fourth-order valence-electron chi connectivity index (χ4n) is 3.32. The third-order valence-electron chi connectivity index (χ3n) is 4.65. The predicted octanol–water partition coefficient (Wildman–Crippen LogP) is 1.74. The zero-order chi connectivity index (χ0) is 16.7. The molecular weight excluding hydrogens is 328 g/mol. The number of rotatable bonds is 6. The van der Waals surface area contributed by atoms with Crippen molar-refractivity contribution in [3.05, 3.63) is 0 Å². The van der Waals surface area contributed by atoms with E-state index in [1.807, 2.05) is 4.90 Å². The van der Waals surface area contributed by atoms with E-state index >= 15 is 0 Å². The van der Waals surface area contributed by atoms with Crippen LogP contribution in [0, 0.1) is 11.8 Å². The summed E-state index contributed by atoms with van der Waals surface area (Å²) in [5.41, 5.74) is 0. The minimum Gasteiger partial charge on any atom is -0.355 e. The van der Waals surface area contributed by atoms with Gasteiger partial charge in [-0.15, -0.1) is 12.4 Å². The van der Waals surface area contributed by atoms with Crippen LogP contribution in [0.15, 0.2) is 0 Å². The van der Waals surface area contributed by atoms with Crippen LogP contribution in [0.25, 0.3) is 0 Å². The van der Waals surface area contributed by atoms with E-state index in [4.69, 9.17) is 0 Å². The summed E-state index contributed by atoms with van der Waals surface area (Å²) in [5, 5.41) is 9.39. The molecule has 0 aromatic heterocycles. The summed E-state index contributed by atoms with van der Waals surface area (Å²) in [7, 11) is 0. The van der Waals surface area contributed by atoms with Gasteiger partial charge in [-0.2, -0.15) is 0 Å². The van der Waals surface area contributed by atoms with Gasteiger partial charge in [-0.25, -0.2) is 4.79 Å². The molecule has 2 fully saturated rings. The van der Waals surface area contributed by atoms with Crippen LogP contribution in [0.5, 0.6) is 0 Å². The van der Waals surface area contributed by atoms with Crippen molar-refractivity contribution in [3.63, 3.8) is 0 Å². The molecule has 140 valence electrons. The minimum absolute atomic E-state index is 0. The van der Waals surface area contributed by atoms with E-state index < -0.39 is 0 Å². The lowest BCUT2D eigenvalue weighted by Crippen LogP contribution is -2.47. The molecule has 2 atom stereocenters. The molecule has 3 N–H and O–H groups in total. The molecule has 2 aliphatic rings. The summed E-state index contributed by atoms with van der Waals surface area (Å²) in [4.78, 5) is 26.1. The number of hydrogen-bond donors (Lipinski definition) is 3. The maximum absolute atomic E-state index is 12.1. The highest BCUT2D eigenvalue weighted by Crippen LogP contribution is 2.19. The van der Waals surface area contributed by atoms with Crippen LogP contribution in [0.2, 0.25) is 0 Å². The third kappa shape index (κ3) is 7.26. The normalized spacial score (nSPS) is 23.7. The van der Waals surface area contributed by atoms with E-state index in [1.165, 1.54) is 6.42 Å². The molecule has 6 nitrogen and oxygen atoms in total. The minimum atomic E-state index is 0. The second kappa shape index (κ2) is 10.8. The zero-order valence-electron chi connectivity index (χ0n) is 15.0. The first-order valence-corrected chi connectivity index (χ1v) is 9.07. The number of amides is 3. The molecule has 0 bridgehead atoms. The third-order valence-corrected chi connectivity index (χ3v) is 4.65. The second-order valence-corrected chi connectivity index (χ2v) is 7.34. The summed E-state index contributed by atoms with van der Waals surface area (Å²) >= 11 is 0. The topological polar surface area (TPSA) is 73.5 Å². The van der Waals surface area contributed by atoms with Crippen molar-refractivity contribution >= 4 is 24.3 Å². The Labute approximate surface area is 151 Å². The van der Waals surface area contributed by atoms with Crippen LogP contribution < -0.4 is 16.0 Å². The molecule has 3 amide bonds. The average molecular weight is 361 g/mol. The highest BCUT2D eigenvalue weighted by molar-refractivity contribution is 5.85. The summed E-state index contributed by atoms with van der Waals surface area (Å²) in [6.07, 6.45) is 4.89. The lowest BCUT2D eigenvalue weighted by atomic mass is 9.94. The lowest BCUT2D eigenvalue weighted by molar-refractivity contribution is -0.122. The summed E-state index contributed by atoms with van der Waals surface area (Å²) < 4.78 is 0. The Kier molecular flexibility index (Phi) is 9.44. The quantitative estimate of drug-likeness (QED) is 0.675. The number of carbonyl (C=O) groups is 2. The van der Waals surface area contributed by atoms with Gasteiger partial charge >= 0.3 is 6.03 Å². The van der Waals surface area contributed by atoms with Crippen molar-refractivity contribution in [2.75, 3.05) is 32.7 Å². The van der Waals surface area contributed by atoms with Gasteiger partial charge < -0.3 is 20.9 Å². The highest BCUT2D eigenvalue weighted by atomic mass is 35.5. The van der Waals surface area contributed by atoms with Crippen molar-refractivity contribution in [1.82, 2.24) is 20.9 Å². The molecule has 2 unspecified atom stereocenters. The molecule has 2 aliphatic heterocycles. The molecule has 7 heteroatoms. The highest BCUT2D eigenvalue weighted by Gasteiger charge is 2.25. The first kappa shape index (κ1) is 21.0. The Hall–Kier alpha value is -1.01. The molecular formula is C17H33ClN4O2. The molecule has 0 saturated carbocycles. The Balaban J connectivity index is 0.00000288. The van der Waals surface area contributed by atoms with E-state index in [0.717, 1.165) is 38.9 Å². The maximum Gasteiger partial charge on any atom is 0.317 e. The molecule has 2 saturated heterocycles. The van der Waals surface area contributed by atoms with Gasteiger partial charge in [-0.3, -0.25) is 4.79 Å². The number of urea groups is 1. The standard InChI is InChI=1S/C17H32N4O2.ClH/c1-13(2)10-20-17(23)21-8-4-5-14(12-21)9-16(22)19-11-15-6-3-7-18-15;/h13-15,18H,3-12H2,1-2H3,(H,19,22)(H,20,23);1H. The molecule has 0 aromatic carbocycles. The monoisotopic (exact) mass is 360 g/mol. The Bertz CT molecular complexity index is 400. The first-order valence-electron chi connectivity index (χ1n) is 9.07. The lowest BCUT2D eigenvalue weighted by Gasteiger charge is -2.32. The SMILES string of the molecule is CC(C)CNC(=O)N1CCCC(CC(=O)NCC2CCCN2)C1.Cl. The zero-order valence-corrected chi connectivity index (χ0v) is 15.8. The van der Waals surface area contributed by atoms with Crippen LogP contribution in [0.1, 0.15) is 46.0 Å². The van der Waals surface area contributed by atoms with Gasteiger partial charge in [0.2, 0.25) is 5.91 Å². The molecule has 0 radical (unpaired) electrons. The van der Waals surface area contributed by atoms with Gasteiger partial charge in [-0.05, 0) is 44.1 Å². The Morgan fingerprint density at radius 2 is 2.00 bits per heavy atom. The van der Waals surface area contributed by atoms with E-state index in [2.05, 4.69) is 29.8 Å². The van der Waals surface area contributed by atoms with Crippen molar-refractivity contribution in [2.24, 2.45) is 11.8 Å². The first-order chi connectivity index (χ1) is 11.0. The summed E-state index contributed by atoms with van der Waals surface area (Å²) in [6.45, 7) is 8.15. The Morgan fingerprint density at radius 1 is 1.21 bits per heavy atom. The van der Waals surface area contributed by atoms with E-state index in [0.29, 0.717) is 31.5 Å². The summed E-state index contributed by atoms with van der Waals surface area (Å²) in [6, 6.07) is 0.447. The maximum atomic E-state index is 12.1. The van der Waals surface area contributed by atoms with Gasteiger partial charge in [0.05, 0.1) is 0 Å². The van der Waals surface area contributed by atoms with E-state index in [9.17, 15) is 9.59 Å². The van der Waals surface area contributed by atoms with Crippen LogP contribution >= 0.6 is 12.4 Å². The van der Waals surface area contributed by atoms with Crippen molar-refractivity contribution < 1.29 is 9.59 Å². The smallest absolute Gasteiger partial charge is 0.317 e. The predicted molar refractivity (Wildman–Crippen MR) is 98.4 cm³/mol. The van der Waals surface area contributed by atoms with Gasteiger partial charge in [0.15, 0.2) is 0 Å². The fourth-order valence-corrected chi connectivity index (χ4v) is 3.32. The van der Waals surface area contributed by atoms with Gasteiger partial charge in [0.25, 0.3) is 0 Å². The van der Waals surface area contributed by atoms with E-state index in [1.54, 1.807) is 0 Å². The average Bonchev–Trinajstić information content (AvgIpc) is 3.04. The largest absolute Gasteiger partial charge is 0.355 e. The molecule has 2 rings (SSSR count). The Morgan fingerprint density at radius 3 is 2.67 bits per heavy atom. The van der Waals surface area contributed by atoms with Crippen LogP contribution in [0.4, 0.5) is 4.79 Å². The second-order valence-electron chi connectivity index (χ2n) is 7.34. The molecule has 0 spiro atoms. The number of piperidine rings is 1.